The lowest BCUT2D eigenvalue weighted by Gasteiger charge is -2.14. The van der Waals surface area contributed by atoms with Crippen molar-refractivity contribution in [3.8, 4) is 6.07 Å². The fourth-order valence-corrected chi connectivity index (χ4v) is 2.60. The van der Waals surface area contributed by atoms with Gasteiger partial charge in [0.1, 0.15) is 11.7 Å². The van der Waals surface area contributed by atoms with Crippen LogP contribution in [0.2, 0.25) is 5.02 Å². The molecule has 0 aliphatic carbocycles. The minimum Gasteiger partial charge on any atom is -0.449 e. The van der Waals surface area contributed by atoms with Crippen LogP contribution in [0.5, 0.6) is 0 Å². The highest BCUT2D eigenvalue weighted by Crippen LogP contribution is 2.19. The number of nitrogens with zero attached hydrogens (tertiary/aromatic N) is 1. The molecule has 0 unspecified atom stereocenters. The standard InChI is InChI=1S/C20H13ClN2O5/c1-11(19(25)23-15-5-3-2-4-12(15)10-22)27-20(26)18-9-16(24)14-8-13(21)6-7-17(14)28-18/h2-9,11H,1H3,(H,23,25)/t11-/m1/s1. The van der Waals surface area contributed by atoms with Gasteiger partial charge in [-0.2, -0.15) is 5.26 Å². The molecule has 3 aromatic rings. The molecule has 2 aromatic carbocycles. The topological polar surface area (TPSA) is 109 Å². The molecule has 0 aliphatic rings. The summed E-state index contributed by atoms with van der Waals surface area (Å²) in [6.07, 6.45) is -1.19. The quantitative estimate of drug-likeness (QED) is 0.676. The molecule has 0 spiro atoms. The van der Waals surface area contributed by atoms with Gasteiger partial charge in [0.15, 0.2) is 11.5 Å². The third-order valence-corrected chi connectivity index (χ3v) is 4.08. The van der Waals surface area contributed by atoms with Crippen LogP contribution in [0.25, 0.3) is 11.0 Å². The molecule has 0 radical (unpaired) electrons. The summed E-state index contributed by atoms with van der Waals surface area (Å²) in [5, 5.41) is 12.2. The van der Waals surface area contributed by atoms with Crippen LogP contribution >= 0.6 is 11.6 Å². The molecule has 0 bridgehead atoms. The van der Waals surface area contributed by atoms with Crippen molar-refractivity contribution in [3.05, 3.63) is 75.1 Å². The molecule has 28 heavy (non-hydrogen) atoms. The molecular weight excluding hydrogens is 384 g/mol. The number of rotatable bonds is 4. The van der Waals surface area contributed by atoms with E-state index < -0.39 is 23.4 Å². The summed E-state index contributed by atoms with van der Waals surface area (Å²) in [4.78, 5) is 36.7. The van der Waals surface area contributed by atoms with Gasteiger partial charge >= 0.3 is 5.97 Å². The van der Waals surface area contributed by atoms with E-state index in [1.807, 2.05) is 6.07 Å². The summed E-state index contributed by atoms with van der Waals surface area (Å²) in [6.45, 7) is 1.36. The largest absolute Gasteiger partial charge is 0.449 e. The number of para-hydroxylation sites is 1. The Morgan fingerprint density at radius 3 is 2.71 bits per heavy atom. The van der Waals surface area contributed by atoms with Crippen molar-refractivity contribution in [1.29, 1.82) is 5.26 Å². The van der Waals surface area contributed by atoms with Crippen LogP contribution in [0.1, 0.15) is 23.0 Å². The van der Waals surface area contributed by atoms with Gasteiger partial charge in [-0.1, -0.05) is 23.7 Å². The number of carbonyl (C=O) groups excluding carboxylic acids is 2. The van der Waals surface area contributed by atoms with Gasteiger partial charge in [0.05, 0.1) is 16.6 Å². The number of hydrogen-bond acceptors (Lipinski definition) is 6. The Morgan fingerprint density at radius 2 is 1.96 bits per heavy atom. The van der Waals surface area contributed by atoms with E-state index in [0.717, 1.165) is 6.07 Å². The Hall–Kier alpha value is -3.63. The van der Waals surface area contributed by atoms with E-state index in [4.69, 9.17) is 26.0 Å². The van der Waals surface area contributed by atoms with E-state index in [9.17, 15) is 14.4 Å². The zero-order valence-electron chi connectivity index (χ0n) is 14.6. The van der Waals surface area contributed by atoms with Crippen molar-refractivity contribution in [1.82, 2.24) is 0 Å². The van der Waals surface area contributed by atoms with Crippen molar-refractivity contribution >= 4 is 40.1 Å². The van der Waals surface area contributed by atoms with Crippen LogP contribution in [0.15, 0.2) is 57.7 Å². The lowest BCUT2D eigenvalue weighted by atomic mass is 10.2. The molecule has 0 fully saturated rings. The number of hydrogen-bond donors (Lipinski definition) is 1. The molecule has 1 amide bonds. The highest BCUT2D eigenvalue weighted by molar-refractivity contribution is 6.31. The second-order valence-electron chi connectivity index (χ2n) is 5.81. The molecule has 140 valence electrons. The molecule has 1 aromatic heterocycles. The number of nitrogens with one attached hydrogen (secondary N) is 1. The Bertz CT molecular complexity index is 1180. The van der Waals surface area contributed by atoms with Crippen molar-refractivity contribution in [2.45, 2.75) is 13.0 Å². The van der Waals surface area contributed by atoms with Gasteiger partial charge in [-0.15, -0.1) is 0 Å². The maximum atomic E-state index is 12.3. The second-order valence-corrected chi connectivity index (χ2v) is 6.25. The SMILES string of the molecule is C[C@@H](OC(=O)c1cc(=O)c2cc(Cl)ccc2o1)C(=O)Nc1ccccc1C#N. The molecule has 1 atom stereocenters. The Morgan fingerprint density at radius 1 is 1.21 bits per heavy atom. The van der Waals surface area contributed by atoms with Gasteiger partial charge in [-0.25, -0.2) is 4.79 Å². The molecule has 0 saturated carbocycles. The third kappa shape index (κ3) is 4.03. The maximum absolute atomic E-state index is 12.3. The minimum atomic E-state index is -1.19. The number of carbonyl (C=O) groups is 2. The van der Waals surface area contributed by atoms with Gasteiger partial charge in [-0.05, 0) is 37.3 Å². The lowest BCUT2D eigenvalue weighted by Crippen LogP contribution is -2.30. The highest BCUT2D eigenvalue weighted by atomic mass is 35.5. The summed E-state index contributed by atoms with van der Waals surface area (Å²) in [7, 11) is 0. The van der Waals surface area contributed by atoms with Crippen molar-refractivity contribution in [3.63, 3.8) is 0 Å². The highest BCUT2D eigenvalue weighted by Gasteiger charge is 2.22. The van der Waals surface area contributed by atoms with Crippen LogP contribution in [0.3, 0.4) is 0 Å². The number of esters is 1. The Labute approximate surface area is 164 Å². The van der Waals surface area contributed by atoms with Gasteiger partial charge in [0.25, 0.3) is 5.91 Å². The first-order chi connectivity index (χ1) is 13.4. The monoisotopic (exact) mass is 396 g/mol. The van der Waals surface area contributed by atoms with Crippen molar-refractivity contribution in [2.75, 3.05) is 5.32 Å². The summed E-state index contributed by atoms with van der Waals surface area (Å²) < 4.78 is 10.5. The van der Waals surface area contributed by atoms with E-state index in [0.29, 0.717) is 10.7 Å². The summed E-state index contributed by atoms with van der Waals surface area (Å²) in [6, 6.07) is 13.8. The van der Waals surface area contributed by atoms with Crippen LogP contribution in [0.4, 0.5) is 5.69 Å². The van der Waals surface area contributed by atoms with Gasteiger partial charge in [-0.3, -0.25) is 9.59 Å². The molecule has 0 saturated heterocycles. The summed E-state index contributed by atoms with van der Waals surface area (Å²) in [5.74, 6) is -1.94. The van der Waals surface area contributed by atoms with Crippen LogP contribution < -0.4 is 10.7 Å². The number of fused-ring (bicyclic) bond motifs is 1. The number of ether oxygens (including phenoxy) is 1. The van der Waals surface area contributed by atoms with E-state index in [1.54, 1.807) is 24.3 Å². The number of anilines is 1. The Balaban J connectivity index is 1.76. The van der Waals surface area contributed by atoms with Crippen molar-refractivity contribution in [2.24, 2.45) is 0 Å². The number of benzene rings is 2. The molecule has 7 nitrogen and oxygen atoms in total. The molecule has 1 N–H and O–H groups in total. The average Bonchev–Trinajstić information content (AvgIpc) is 2.68. The predicted molar refractivity (Wildman–Crippen MR) is 102 cm³/mol. The fraction of sp³-hybridized carbons (Fsp3) is 0.100. The van der Waals surface area contributed by atoms with Crippen LogP contribution in [-0.4, -0.2) is 18.0 Å². The average molecular weight is 397 g/mol. The maximum Gasteiger partial charge on any atom is 0.375 e. The van der Waals surface area contributed by atoms with Crippen molar-refractivity contribution < 1.29 is 18.7 Å². The molecule has 1 heterocycles. The zero-order valence-corrected chi connectivity index (χ0v) is 15.3. The summed E-state index contributed by atoms with van der Waals surface area (Å²) >= 11 is 5.85. The van der Waals surface area contributed by atoms with Crippen LogP contribution in [-0.2, 0) is 9.53 Å². The predicted octanol–water partition coefficient (Wildman–Crippen LogP) is 3.50. The van der Waals surface area contributed by atoms with E-state index in [2.05, 4.69) is 5.32 Å². The van der Waals surface area contributed by atoms with E-state index in [1.165, 1.54) is 25.1 Å². The first-order valence-corrected chi connectivity index (χ1v) is 8.51. The fourth-order valence-electron chi connectivity index (χ4n) is 2.43. The van der Waals surface area contributed by atoms with Gasteiger partial charge < -0.3 is 14.5 Å². The smallest absolute Gasteiger partial charge is 0.375 e. The lowest BCUT2D eigenvalue weighted by molar-refractivity contribution is -0.123. The molecular formula is C20H13ClN2O5. The van der Waals surface area contributed by atoms with E-state index in [-0.39, 0.29) is 22.3 Å². The number of amides is 1. The van der Waals surface area contributed by atoms with Crippen LogP contribution in [0, 0.1) is 11.3 Å². The summed E-state index contributed by atoms with van der Waals surface area (Å²) in [5.41, 5.74) is 0.278. The molecule has 0 aliphatic heterocycles. The van der Waals surface area contributed by atoms with E-state index >= 15 is 0 Å². The first kappa shape index (κ1) is 19.1. The zero-order chi connectivity index (χ0) is 20.3. The number of halogens is 1. The molecule has 8 heteroatoms. The Kier molecular flexibility index (Phi) is 5.43. The first-order valence-electron chi connectivity index (χ1n) is 8.13. The van der Waals surface area contributed by atoms with Gasteiger partial charge in [0, 0.05) is 11.1 Å². The second kappa shape index (κ2) is 7.94. The number of nitriles is 1. The normalized spacial score (nSPS) is 11.5. The minimum absolute atomic E-state index is 0.170. The molecule has 3 rings (SSSR count). The third-order valence-electron chi connectivity index (χ3n) is 3.85. The van der Waals surface area contributed by atoms with Gasteiger partial charge in [0.2, 0.25) is 5.76 Å².